The second kappa shape index (κ2) is 7.97. The lowest BCUT2D eigenvalue weighted by atomic mass is 10.0. The molecule has 1 aromatic heterocycles. The van der Waals surface area contributed by atoms with Crippen molar-refractivity contribution in [1.29, 1.82) is 0 Å². The van der Waals surface area contributed by atoms with Crippen LogP contribution in [0, 0.1) is 19.8 Å². The van der Waals surface area contributed by atoms with Crippen molar-refractivity contribution in [1.82, 2.24) is 30.2 Å². The molecule has 0 spiro atoms. The summed E-state index contributed by atoms with van der Waals surface area (Å²) in [6.07, 6.45) is 1.70. The van der Waals surface area contributed by atoms with Crippen molar-refractivity contribution in [3.05, 3.63) is 17.5 Å². The average Bonchev–Trinajstić information content (AvgIpc) is 3.18. The minimum absolute atomic E-state index is 0.00505. The highest BCUT2D eigenvalue weighted by atomic mass is 16.2. The third-order valence-electron chi connectivity index (χ3n) is 5.27. The van der Waals surface area contributed by atoms with E-state index in [1.807, 2.05) is 21.4 Å². The van der Waals surface area contributed by atoms with Crippen molar-refractivity contribution in [2.75, 3.05) is 32.7 Å². The van der Waals surface area contributed by atoms with Crippen LogP contribution < -0.4 is 10.6 Å². The molecule has 3 rings (SSSR count). The summed E-state index contributed by atoms with van der Waals surface area (Å²) in [4.78, 5) is 27.9. The van der Waals surface area contributed by atoms with Gasteiger partial charge < -0.3 is 20.4 Å². The Labute approximate surface area is 154 Å². The third-order valence-corrected chi connectivity index (χ3v) is 5.27. The van der Waals surface area contributed by atoms with E-state index in [-0.39, 0.29) is 18.1 Å². The minimum atomic E-state index is -0.00505. The maximum absolute atomic E-state index is 12.4. The van der Waals surface area contributed by atoms with E-state index in [0.29, 0.717) is 25.6 Å². The van der Waals surface area contributed by atoms with E-state index in [1.165, 1.54) is 0 Å². The molecule has 2 fully saturated rings. The van der Waals surface area contributed by atoms with Crippen LogP contribution in [0.4, 0.5) is 9.59 Å². The summed E-state index contributed by atoms with van der Waals surface area (Å²) in [5.41, 5.74) is 2.17. The molecule has 3 heterocycles. The predicted octanol–water partition coefficient (Wildman–Crippen LogP) is 1.34. The Morgan fingerprint density at radius 1 is 1.35 bits per heavy atom. The first-order chi connectivity index (χ1) is 12.4. The molecule has 8 heteroatoms. The highest BCUT2D eigenvalue weighted by molar-refractivity contribution is 5.77. The molecule has 0 saturated carbocycles. The van der Waals surface area contributed by atoms with Crippen LogP contribution in [-0.4, -0.2) is 70.4 Å². The molecule has 1 aromatic rings. The van der Waals surface area contributed by atoms with E-state index in [2.05, 4.69) is 35.6 Å². The number of nitrogens with zero attached hydrogens (tertiary/aromatic N) is 4. The number of hydrogen-bond donors (Lipinski definition) is 2. The Kier molecular flexibility index (Phi) is 5.68. The summed E-state index contributed by atoms with van der Waals surface area (Å²) in [6.45, 7) is 10.5. The Bertz CT molecular complexity index is 650. The van der Waals surface area contributed by atoms with Gasteiger partial charge in [0.1, 0.15) is 0 Å². The zero-order valence-electron chi connectivity index (χ0n) is 16.0. The zero-order valence-corrected chi connectivity index (χ0v) is 16.0. The molecule has 144 valence electrons. The van der Waals surface area contributed by atoms with Crippen molar-refractivity contribution in [3.8, 4) is 0 Å². The maximum atomic E-state index is 12.4. The summed E-state index contributed by atoms with van der Waals surface area (Å²) >= 11 is 0. The summed E-state index contributed by atoms with van der Waals surface area (Å²) in [5, 5.41) is 10.4. The van der Waals surface area contributed by atoms with E-state index < -0.39 is 0 Å². The molecule has 2 N–H and O–H groups in total. The SMILES string of the molecule is Cc1cc(C)n(CC(C)CNC(=O)N2CCC(N3CCNC3=O)CC2)n1. The van der Waals surface area contributed by atoms with Gasteiger partial charge in [-0.2, -0.15) is 5.10 Å². The third kappa shape index (κ3) is 4.28. The average molecular weight is 362 g/mol. The molecule has 4 amide bonds. The summed E-state index contributed by atoms with van der Waals surface area (Å²) in [6, 6.07) is 2.35. The molecule has 1 atom stereocenters. The molecular weight excluding hydrogens is 332 g/mol. The predicted molar refractivity (Wildman–Crippen MR) is 99.0 cm³/mol. The largest absolute Gasteiger partial charge is 0.338 e. The van der Waals surface area contributed by atoms with Crippen LogP contribution in [0.3, 0.4) is 0 Å². The Balaban J connectivity index is 1.40. The summed E-state index contributed by atoms with van der Waals surface area (Å²) < 4.78 is 2.00. The number of carbonyl (C=O) groups excluding carboxylic acids is 2. The van der Waals surface area contributed by atoms with E-state index >= 15 is 0 Å². The highest BCUT2D eigenvalue weighted by Crippen LogP contribution is 2.18. The zero-order chi connectivity index (χ0) is 18.7. The minimum Gasteiger partial charge on any atom is -0.338 e. The number of carbonyl (C=O) groups is 2. The standard InChI is InChI=1S/C18H30N6O2/c1-13(12-24-15(3)10-14(2)21-24)11-20-17(25)22-7-4-16(5-8-22)23-9-6-19-18(23)26/h10,13,16H,4-9,11-12H2,1-3H3,(H,19,26)(H,20,25). The smallest absolute Gasteiger partial charge is 0.317 e. The summed E-state index contributed by atoms with van der Waals surface area (Å²) in [7, 11) is 0. The van der Waals surface area contributed by atoms with Crippen LogP contribution in [0.2, 0.25) is 0 Å². The van der Waals surface area contributed by atoms with Crippen molar-refractivity contribution in [3.63, 3.8) is 0 Å². The monoisotopic (exact) mass is 362 g/mol. The van der Waals surface area contributed by atoms with Gasteiger partial charge in [-0.05, 0) is 38.7 Å². The van der Waals surface area contributed by atoms with Crippen LogP contribution in [0.25, 0.3) is 0 Å². The molecule has 8 nitrogen and oxygen atoms in total. The second-order valence-electron chi connectivity index (χ2n) is 7.54. The van der Waals surface area contributed by atoms with Gasteiger partial charge in [0.05, 0.1) is 5.69 Å². The van der Waals surface area contributed by atoms with Gasteiger partial charge in [-0.3, -0.25) is 4.68 Å². The number of hydrogen-bond acceptors (Lipinski definition) is 3. The van der Waals surface area contributed by atoms with Gasteiger partial charge in [0.25, 0.3) is 0 Å². The van der Waals surface area contributed by atoms with E-state index in [0.717, 1.165) is 43.9 Å². The van der Waals surface area contributed by atoms with E-state index in [1.54, 1.807) is 0 Å². The molecule has 0 bridgehead atoms. The van der Waals surface area contributed by atoms with Crippen molar-refractivity contribution in [2.45, 2.75) is 46.2 Å². The lowest BCUT2D eigenvalue weighted by Gasteiger charge is -2.36. The van der Waals surface area contributed by atoms with Crippen LogP contribution >= 0.6 is 0 Å². The van der Waals surface area contributed by atoms with Crippen molar-refractivity contribution >= 4 is 12.1 Å². The van der Waals surface area contributed by atoms with Crippen LogP contribution in [0.1, 0.15) is 31.2 Å². The normalized spacial score (nSPS) is 19.6. The van der Waals surface area contributed by atoms with Crippen LogP contribution in [0.15, 0.2) is 6.07 Å². The Morgan fingerprint density at radius 2 is 2.08 bits per heavy atom. The van der Waals surface area contributed by atoms with Crippen LogP contribution in [-0.2, 0) is 6.54 Å². The van der Waals surface area contributed by atoms with Crippen molar-refractivity contribution in [2.24, 2.45) is 5.92 Å². The summed E-state index contributed by atoms with van der Waals surface area (Å²) in [5.74, 6) is 0.308. The first-order valence-electron chi connectivity index (χ1n) is 9.52. The fourth-order valence-electron chi connectivity index (χ4n) is 3.81. The van der Waals surface area contributed by atoms with Crippen molar-refractivity contribution < 1.29 is 9.59 Å². The van der Waals surface area contributed by atoms with Gasteiger partial charge in [-0.25, -0.2) is 9.59 Å². The number of likely N-dealkylation sites (tertiary alicyclic amines) is 1. The lowest BCUT2D eigenvalue weighted by molar-refractivity contribution is 0.140. The Hall–Kier alpha value is -2.25. The topological polar surface area (TPSA) is 82.5 Å². The van der Waals surface area contributed by atoms with Gasteiger partial charge in [0, 0.05) is 51.0 Å². The first-order valence-corrected chi connectivity index (χ1v) is 9.52. The lowest BCUT2D eigenvalue weighted by Crippen LogP contribution is -2.50. The second-order valence-corrected chi connectivity index (χ2v) is 7.54. The maximum Gasteiger partial charge on any atom is 0.317 e. The number of aromatic nitrogens is 2. The number of rotatable bonds is 5. The molecule has 0 radical (unpaired) electrons. The fraction of sp³-hybridized carbons (Fsp3) is 0.722. The number of aryl methyl sites for hydroxylation is 2. The molecule has 26 heavy (non-hydrogen) atoms. The molecule has 2 aliphatic heterocycles. The molecule has 1 unspecified atom stereocenters. The van der Waals surface area contributed by atoms with E-state index in [4.69, 9.17) is 0 Å². The number of urea groups is 2. The van der Waals surface area contributed by atoms with Crippen LogP contribution in [0.5, 0.6) is 0 Å². The van der Waals surface area contributed by atoms with Gasteiger partial charge in [0.2, 0.25) is 0 Å². The number of amides is 4. The van der Waals surface area contributed by atoms with Gasteiger partial charge >= 0.3 is 12.1 Å². The molecule has 2 saturated heterocycles. The van der Waals surface area contributed by atoms with E-state index in [9.17, 15) is 9.59 Å². The molecule has 2 aliphatic rings. The van der Waals surface area contributed by atoms with Gasteiger partial charge in [-0.1, -0.05) is 6.92 Å². The number of piperidine rings is 1. The fourth-order valence-corrected chi connectivity index (χ4v) is 3.81. The van der Waals surface area contributed by atoms with Gasteiger partial charge in [0.15, 0.2) is 0 Å². The highest BCUT2D eigenvalue weighted by Gasteiger charge is 2.31. The quantitative estimate of drug-likeness (QED) is 0.829. The first kappa shape index (κ1) is 18.5. The molecular formula is C18H30N6O2. The Morgan fingerprint density at radius 3 is 2.65 bits per heavy atom. The molecule has 0 aromatic carbocycles. The number of nitrogens with one attached hydrogen (secondary N) is 2. The molecule has 0 aliphatic carbocycles. The van der Waals surface area contributed by atoms with Gasteiger partial charge in [-0.15, -0.1) is 0 Å².